The molecule has 26 heavy (non-hydrogen) atoms. The fourth-order valence-corrected chi connectivity index (χ4v) is 3.02. The summed E-state index contributed by atoms with van der Waals surface area (Å²) < 4.78 is 7.05. The third-order valence-electron chi connectivity index (χ3n) is 4.29. The minimum atomic E-state index is -0.493. The number of likely N-dealkylation sites (N-methyl/N-ethyl adjacent to an activating group) is 1. The van der Waals surface area contributed by atoms with Crippen LogP contribution >= 0.6 is 0 Å². The number of rotatable bonds is 8. The van der Waals surface area contributed by atoms with Crippen molar-refractivity contribution in [3.8, 4) is 0 Å². The summed E-state index contributed by atoms with van der Waals surface area (Å²) in [6, 6.07) is 8.30. The minimum Gasteiger partial charge on any atom is -0.443 e. The van der Waals surface area contributed by atoms with Crippen LogP contribution in [0.2, 0.25) is 0 Å². The highest BCUT2D eigenvalue weighted by Crippen LogP contribution is 2.20. The molecule has 0 bridgehead atoms. The molecule has 0 spiro atoms. The van der Waals surface area contributed by atoms with E-state index in [1.165, 1.54) is 24.8 Å². The summed E-state index contributed by atoms with van der Waals surface area (Å²) in [5.41, 5.74) is 1.72. The van der Waals surface area contributed by atoms with Crippen molar-refractivity contribution in [1.29, 1.82) is 0 Å². The molecule has 4 heteroatoms. The summed E-state index contributed by atoms with van der Waals surface area (Å²) in [7, 11) is 2.13. The van der Waals surface area contributed by atoms with Gasteiger partial charge in [0.2, 0.25) is 0 Å². The summed E-state index contributed by atoms with van der Waals surface area (Å²) in [6.07, 6.45) is 8.08. The second-order valence-electron chi connectivity index (χ2n) is 7.92. The van der Waals surface area contributed by atoms with Crippen molar-refractivity contribution >= 4 is 17.0 Å². The zero-order chi connectivity index (χ0) is 19.2. The molecule has 0 atom stereocenters. The van der Waals surface area contributed by atoms with Crippen molar-refractivity contribution in [2.45, 2.75) is 52.1 Å². The lowest BCUT2D eigenvalue weighted by Crippen LogP contribution is -2.26. The lowest BCUT2D eigenvalue weighted by molar-refractivity contribution is 0.0544. The Labute approximate surface area is 157 Å². The third kappa shape index (κ3) is 6.03. The van der Waals surface area contributed by atoms with Crippen LogP contribution in [0.4, 0.5) is 4.79 Å². The van der Waals surface area contributed by atoms with Crippen LogP contribution in [0.15, 0.2) is 43.1 Å². The highest BCUT2D eigenvalue weighted by atomic mass is 16.6. The average molecular weight is 357 g/mol. The highest BCUT2D eigenvalue weighted by molar-refractivity contribution is 5.89. The molecular formula is C22H32N2O2. The quantitative estimate of drug-likeness (QED) is 0.478. The molecule has 0 unspecified atom stereocenters. The number of aromatic nitrogens is 1. The van der Waals surface area contributed by atoms with Gasteiger partial charge < -0.3 is 9.64 Å². The van der Waals surface area contributed by atoms with Crippen LogP contribution in [0.1, 0.15) is 45.6 Å². The van der Waals surface area contributed by atoms with Gasteiger partial charge in [0.05, 0.1) is 5.52 Å². The monoisotopic (exact) mass is 356 g/mol. The fraction of sp³-hybridized carbons (Fsp3) is 0.500. The Balaban J connectivity index is 1.90. The third-order valence-corrected chi connectivity index (χ3v) is 4.29. The first kappa shape index (κ1) is 20.2. The molecule has 1 aromatic heterocycles. The second kappa shape index (κ2) is 9.04. The minimum absolute atomic E-state index is 0.330. The molecule has 0 amide bonds. The van der Waals surface area contributed by atoms with Crippen LogP contribution in [0, 0.1) is 0 Å². The topological polar surface area (TPSA) is 34.5 Å². The van der Waals surface area contributed by atoms with Gasteiger partial charge in [0.25, 0.3) is 0 Å². The molecule has 2 aromatic rings. The highest BCUT2D eigenvalue weighted by Gasteiger charge is 2.18. The summed E-state index contributed by atoms with van der Waals surface area (Å²) in [5, 5.41) is 1.08. The normalized spacial score (nSPS) is 11.9. The summed E-state index contributed by atoms with van der Waals surface area (Å²) in [5.74, 6) is 0. The zero-order valence-corrected chi connectivity index (χ0v) is 16.6. The van der Waals surface area contributed by atoms with E-state index in [0.717, 1.165) is 30.4 Å². The molecule has 0 saturated carbocycles. The van der Waals surface area contributed by atoms with E-state index < -0.39 is 5.60 Å². The molecular weight excluding hydrogens is 324 g/mol. The van der Waals surface area contributed by atoms with E-state index in [1.807, 2.05) is 39.0 Å². The van der Waals surface area contributed by atoms with Crippen LogP contribution in [0.3, 0.4) is 0 Å². The van der Waals surface area contributed by atoms with Gasteiger partial charge in [0.1, 0.15) is 5.60 Å². The predicted octanol–water partition coefficient (Wildman–Crippen LogP) is 5.26. The molecule has 0 aliphatic heterocycles. The van der Waals surface area contributed by atoms with E-state index >= 15 is 0 Å². The predicted molar refractivity (Wildman–Crippen MR) is 109 cm³/mol. The fourth-order valence-electron chi connectivity index (χ4n) is 3.02. The Morgan fingerprint density at radius 1 is 1.23 bits per heavy atom. The number of ether oxygens (including phenoxy) is 1. The van der Waals surface area contributed by atoms with Crippen LogP contribution < -0.4 is 0 Å². The van der Waals surface area contributed by atoms with Crippen LogP contribution in [-0.4, -0.2) is 41.3 Å². The summed E-state index contributed by atoms with van der Waals surface area (Å²) >= 11 is 0. The number of hydrogen-bond acceptors (Lipinski definition) is 3. The molecule has 1 heterocycles. The largest absolute Gasteiger partial charge is 0.443 e. The average Bonchev–Trinajstić information content (AvgIpc) is 2.96. The van der Waals surface area contributed by atoms with E-state index in [1.54, 1.807) is 10.8 Å². The molecule has 142 valence electrons. The molecule has 0 N–H and O–H groups in total. The maximum absolute atomic E-state index is 12.3. The SMILES string of the molecule is C=CCN(C)CCCCCc1ccc2c(ccn2C(=O)OC(C)(C)C)c1. The Morgan fingerprint density at radius 3 is 2.69 bits per heavy atom. The lowest BCUT2D eigenvalue weighted by Gasteiger charge is -2.19. The summed E-state index contributed by atoms with van der Waals surface area (Å²) in [6.45, 7) is 11.5. The smallest absolute Gasteiger partial charge is 0.418 e. The Kier molecular flexibility index (Phi) is 7.04. The van der Waals surface area contributed by atoms with Gasteiger partial charge in [-0.3, -0.25) is 4.57 Å². The molecule has 1 aromatic carbocycles. The van der Waals surface area contributed by atoms with E-state index in [2.05, 4.69) is 30.7 Å². The van der Waals surface area contributed by atoms with E-state index in [9.17, 15) is 4.79 Å². The number of hydrogen-bond donors (Lipinski definition) is 0. The first-order chi connectivity index (χ1) is 12.3. The standard InChI is InChI=1S/C22H32N2O2/c1-6-14-23(5)15-9-7-8-10-18-11-12-20-19(17-18)13-16-24(20)21(25)26-22(2,3)4/h6,11-13,16-17H,1,7-10,14-15H2,2-5H3. The molecule has 0 aliphatic rings. The van der Waals surface area contributed by atoms with Gasteiger partial charge in [0, 0.05) is 18.1 Å². The van der Waals surface area contributed by atoms with Crippen molar-refractivity contribution < 1.29 is 9.53 Å². The Hall–Kier alpha value is -2.07. The molecule has 2 rings (SSSR count). The van der Waals surface area contributed by atoms with Crippen LogP contribution in [0.5, 0.6) is 0 Å². The van der Waals surface area contributed by atoms with Gasteiger partial charge in [-0.05, 0) is 77.4 Å². The summed E-state index contributed by atoms with van der Waals surface area (Å²) in [4.78, 5) is 14.6. The number of benzene rings is 1. The van der Waals surface area contributed by atoms with Gasteiger partial charge in [-0.15, -0.1) is 6.58 Å². The van der Waals surface area contributed by atoms with Crippen molar-refractivity contribution in [3.05, 3.63) is 48.7 Å². The number of aryl methyl sites for hydroxylation is 1. The van der Waals surface area contributed by atoms with Crippen LogP contribution in [0.25, 0.3) is 10.9 Å². The molecule has 0 saturated heterocycles. The van der Waals surface area contributed by atoms with E-state index in [0.29, 0.717) is 0 Å². The Morgan fingerprint density at radius 2 is 2.00 bits per heavy atom. The maximum atomic E-state index is 12.3. The van der Waals surface area contributed by atoms with Gasteiger partial charge in [-0.25, -0.2) is 4.79 Å². The van der Waals surface area contributed by atoms with E-state index in [4.69, 9.17) is 4.74 Å². The lowest BCUT2D eigenvalue weighted by atomic mass is 10.1. The number of carbonyl (C=O) groups is 1. The number of unbranched alkanes of at least 4 members (excludes halogenated alkanes) is 2. The van der Waals surface area contributed by atoms with Gasteiger partial charge in [0.15, 0.2) is 0 Å². The molecule has 0 fully saturated rings. The maximum Gasteiger partial charge on any atom is 0.418 e. The molecule has 0 aliphatic carbocycles. The molecule has 4 nitrogen and oxygen atoms in total. The second-order valence-corrected chi connectivity index (χ2v) is 7.92. The first-order valence-electron chi connectivity index (χ1n) is 9.43. The van der Waals surface area contributed by atoms with Crippen molar-refractivity contribution in [1.82, 2.24) is 9.47 Å². The van der Waals surface area contributed by atoms with Crippen molar-refractivity contribution in [3.63, 3.8) is 0 Å². The van der Waals surface area contributed by atoms with E-state index in [-0.39, 0.29) is 6.09 Å². The number of nitrogens with zero attached hydrogens (tertiary/aromatic N) is 2. The molecule has 0 radical (unpaired) electrons. The zero-order valence-electron chi connectivity index (χ0n) is 16.6. The van der Waals surface area contributed by atoms with Gasteiger partial charge in [-0.1, -0.05) is 18.6 Å². The van der Waals surface area contributed by atoms with Gasteiger partial charge in [-0.2, -0.15) is 0 Å². The Bertz CT molecular complexity index is 740. The number of fused-ring (bicyclic) bond motifs is 1. The van der Waals surface area contributed by atoms with Crippen molar-refractivity contribution in [2.75, 3.05) is 20.1 Å². The van der Waals surface area contributed by atoms with Crippen molar-refractivity contribution in [2.24, 2.45) is 0 Å². The van der Waals surface area contributed by atoms with Gasteiger partial charge >= 0.3 is 6.09 Å². The van der Waals surface area contributed by atoms with Crippen LogP contribution in [-0.2, 0) is 11.2 Å². The number of carbonyl (C=O) groups excluding carboxylic acids is 1. The first-order valence-corrected chi connectivity index (χ1v) is 9.43.